The molecule has 0 saturated carbocycles. The van der Waals surface area contributed by atoms with Crippen LogP contribution in [-0.2, 0) is 17.9 Å². The summed E-state index contributed by atoms with van der Waals surface area (Å²) < 4.78 is 1.69. The Morgan fingerprint density at radius 1 is 1.08 bits per heavy atom. The Morgan fingerprint density at radius 3 is 2.61 bits per heavy atom. The minimum atomic E-state index is -0.220. The largest absolute Gasteiger partial charge is 0.352 e. The van der Waals surface area contributed by atoms with E-state index in [1.807, 2.05) is 72.5 Å². The highest BCUT2D eigenvalue weighted by Gasteiger charge is 2.28. The molecule has 7 nitrogen and oxygen atoms in total. The minimum absolute atomic E-state index is 0.0166. The predicted octanol–water partition coefficient (Wildman–Crippen LogP) is 4.33. The third kappa shape index (κ3) is 5.26. The van der Waals surface area contributed by atoms with E-state index in [1.165, 1.54) is 0 Å². The Labute approximate surface area is 214 Å². The lowest BCUT2D eigenvalue weighted by atomic mass is 9.97. The van der Waals surface area contributed by atoms with Crippen LogP contribution in [0.2, 0.25) is 5.02 Å². The number of hydrogen-bond donors (Lipinski definition) is 1. The van der Waals surface area contributed by atoms with E-state index in [1.54, 1.807) is 10.8 Å². The monoisotopic (exact) mass is 501 g/mol. The number of nitrogens with zero attached hydrogens (tertiary/aromatic N) is 4. The molecule has 1 amide bonds. The fourth-order valence-corrected chi connectivity index (χ4v) is 4.74. The van der Waals surface area contributed by atoms with Gasteiger partial charge in [0, 0.05) is 30.9 Å². The Morgan fingerprint density at radius 2 is 1.83 bits per heavy atom. The molecule has 36 heavy (non-hydrogen) atoms. The van der Waals surface area contributed by atoms with Crippen LogP contribution in [0.25, 0.3) is 11.2 Å². The summed E-state index contributed by atoms with van der Waals surface area (Å²) in [7, 11) is 0. The number of halogens is 1. The second kappa shape index (κ2) is 10.5. The molecule has 1 saturated heterocycles. The van der Waals surface area contributed by atoms with E-state index < -0.39 is 0 Å². The van der Waals surface area contributed by atoms with E-state index in [0.717, 1.165) is 29.5 Å². The van der Waals surface area contributed by atoms with Gasteiger partial charge in [-0.1, -0.05) is 53.6 Å². The molecule has 1 atom stereocenters. The van der Waals surface area contributed by atoms with E-state index >= 15 is 0 Å². The molecule has 0 bridgehead atoms. The summed E-state index contributed by atoms with van der Waals surface area (Å²) in [6.07, 6.45) is 3.26. The van der Waals surface area contributed by atoms with Gasteiger partial charge in [0.05, 0.1) is 12.5 Å². The van der Waals surface area contributed by atoms with Crippen LogP contribution in [-0.4, -0.2) is 33.5 Å². The number of fused-ring (bicyclic) bond motifs is 1. The van der Waals surface area contributed by atoms with Gasteiger partial charge in [-0.15, -0.1) is 0 Å². The molecule has 8 heteroatoms. The van der Waals surface area contributed by atoms with Gasteiger partial charge in [0.25, 0.3) is 5.56 Å². The van der Waals surface area contributed by atoms with Gasteiger partial charge in [-0.25, -0.2) is 9.97 Å². The molecule has 5 rings (SSSR count). The number of hydrogen-bond acceptors (Lipinski definition) is 5. The van der Waals surface area contributed by atoms with E-state index in [4.69, 9.17) is 16.6 Å². The average molecular weight is 502 g/mol. The summed E-state index contributed by atoms with van der Waals surface area (Å²) in [5.41, 5.74) is 4.20. The van der Waals surface area contributed by atoms with E-state index in [0.29, 0.717) is 48.2 Å². The third-order valence-corrected chi connectivity index (χ3v) is 6.87. The Hall–Kier alpha value is -3.71. The highest BCUT2D eigenvalue weighted by atomic mass is 35.5. The van der Waals surface area contributed by atoms with Crippen LogP contribution in [0.4, 0.5) is 5.82 Å². The van der Waals surface area contributed by atoms with E-state index in [9.17, 15) is 9.59 Å². The van der Waals surface area contributed by atoms with Crippen molar-refractivity contribution in [2.24, 2.45) is 5.92 Å². The van der Waals surface area contributed by atoms with Gasteiger partial charge in [0.15, 0.2) is 11.5 Å². The molecule has 1 fully saturated rings. The molecule has 4 aromatic rings. The average Bonchev–Trinajstić information content (AvgIpc) is 2.91. The number of piperidine rings is 1. The van der Waals surface area contributed by atoms with Gasteiger partial charge in [0.1, 0.15) is 5.52 Å². The molecular weight excluding hydrogens is 474 g/mol. The van der Waals surface area contributed by atoms with Crippen molar-refractivity contribution in [1.82, 2.24) is 19.9 Å². The molecule has 1 aliphatic heterocycles. The van der Waals surface area contributed by atoms with Crippen LogP contribution in [0, 0.1) is 12.8 Å². The van der Waals surface area contributed by atoms with Crippen molar-refractivity contribution in [3.63, 3.8) is 0 Å². The first-order chi connectivity index (χ1) is 17.5. The molecule has 2 aromatic carbocycles. The van der Waals surface area contributed by atoms with Crippen LogP contribution in [0.5, 0.6) is 0 Å². The van der Waals surface area contributed by atoms with Gasteiger partial charge < -0.3 is 10.2 Å². The lowest BCUT2D eigenvalue weighted by molar-refractivity contribution is -0.125. The zero-order valence-corrected chi connectivity index (χ0v) is 20.9. The number of amides is 1. The fourth-order valence-electron chi connectivity index (χ4n) is 4.61. The van der Waals surface area contributed by atoms with Crippen molar-refractivity contribution in [1.29, 1.82) is 0 Å². The normalized spacial score (nSPS) is 15.7. The lowest BCUT2D eigenvalue weighted by Crippen LogP contribution is -2.45. The molecule has 0 radical (unpaired) electrons. The second-order valence-corrected chi connectivity index (χ2v) is 9.72. The van der Waals surface area contributed by atoms with Gasteiger partial charge >= 0.3 is 0 Å². The Bertz CT molecular complexity index is 1430. The molecule has 0 spiro atoms. The summed E-state index contributed by atoms with van der Waals surface area (Å²) in [5, 5.41) is 3.70. The molecule has 1 aliphatic rings. The first kappa shape index (κ1) is 24.0. The third-order valence-electron chi connectivity index (χ3n) is 6.62. The van der Waals surface area contributed by atoms with Crippen LogP contribution in [0.3, 0.4) is 0 Å². The highest BCUT2D eigenvalue weighted by molar-refractivity contribution is 6.30. The molecule has 1 N–H and O–H groups in total. The summed E-state index contributed by atoms with van der Waals surface area (Å²) in [5.74, 6) is 0.136. The van der Waals surface area contributed by atoms with Gasteiger partial charge in [-0.2, -0.15) is 0 Å². The number of pyridine rings is 1. The van der Waals surface area contributed by atoms with Crippen molar-refractivity contribution < 1.29 is 4.79 Å². The zero-order chi connectivity index (χ0) is 25.1. The minimum Gasteiger partial charge on any atom is -0.352 e. The van der Waals surface area contributed by atoms with Crippen molar-refractivity contribution in [3.05, 3.63) is 98.9 Å². The lowest BCUT2D eigenvalue weighted by Gasteiger charge is -2.32. The number of anilines is 1. The topological polar surface area (TPSA) is 80.1 Å². The van der Waals surface area contributed by atoms with Crippen LogP contribution in [0.1, 0.15) is 29.5 Å². The number of carbonyl (C=O) groups excluding carboxylic acids is 1. The van der Waals surface area contributed by atoms with E-state index in [2.05, 4.69) is 10.3 Å². The number of benzene rings is 2. The van der Waals surface area contributed by atoms with Crippen molar-refractivity contribution in [2.75, 3.05) is 18.0 Å². The molecule has 1 unspecified atom stereocenters. The molecule has 3 heterocycles. The smallest absolute Gasteiger partial charge is 0.295 e. The standard InChI is InChI=1S/C28H28ClN5O2/c1-19-6-8-21(9-7-19)17-34-25-24(5-2-14-30-25)32-26(28(34)36)33-15-3-4-22(18-33)27(35)31-16-20-10-12-23(29)13-11-20/h2,5-14,22H,3-4,15-18H2,1H3,(H,31,35). The van der Waals surface area contributed by atoms with Crippen LogP contribution < -0.4 is 15.8 Å². The summed E-state index contributed by atoms with van der Waals surface area (Å²) in [6.45, 7) is 4.01. The molecule has 2 aromatic heterocycles. The van der Waals surface area contributed by atoms with Crippen LogP contribution in [0.15, 0.2) is 71.7 Å². The second-order valence-electron chi connectivity index (χ2n) is 9.29. The maximum atomic E-state index is 13.7. The Balaban J connectivity index is 1.38. The number of carbonyl (C=O) groups is 1. The van der Waals surface area contributed by atoms with Gasteiger partial charge in [-0.05, 0) is 55.2 Å². The van der Waals surface area contributed by atoms with Crippen LogP contribution >= 0.6 is 11.6 Å². The first-order valence-electron chi connectivity index (χ1n) is 12.2. The quantitative estimate of drug-likeness (QED) is 0.425. The van der Waals surface area contributed by atoms with E-state index in [-0.39, 0.29) is 17.4 Å². The molecule has 0 aliphatic carbocycles. The highest BCUT2D eigenvalue weighted by Crippen LogP contribution is 2.22. The van der Waals surface area contributed by atoms with Gasteiger partial charge in [-0.3, -0.25) is 14.2 Å². The summed E-state index contributed by atoms with van der Waals surface area (Å²) in [6, 6.07) is 19.3. The molecular formula is C28H28ClN5O2. The Kier molecular flexibility index (Phi) is 7.00. The molecule has 184 valence electrons. The number of rotatable bonds is 6. The van der Waals surface area contributed by atoms with Crippen molar-refractivity contribution in [2.45, 2.75) is 32.9 Å². The maximum absolute atomic E-state index is 13.7. The number of nitrogens with one attached hydrogen (secondary N) is 1. The van der Waals surface area contributed by atoms with Crippen molar-refractivity contribution >= 4 is 34.5 Å². The number of aryl methyl sites for hydroxylation is 1. The first-order valence-corrected chi connectivity index (χ1v) is 12.5. The summed E-state index contributed by atoms with van der Waals surface area (Å²) >= 11 is 5.95. The van der Waals surface area contributed by atoms with Gasteiger partial charge in [0.2, 0.25) is 5.91 Å². The van der Waals surface area contributed by atoms with Crippen molar-refractivity contribution in [3.8, 4) is 0 Å². The maximum Gasteiger partial charge on any atom is 0.295 e. The fraction of sp³-hybridized carbons (Fsp3) is 0.286. The summed E-state index contributed by atoms with van der Waals surface area (Å²) in [4.78, 5) is 37.8. The predicted molar refractivity (Wildman–Crippen MR) is 142 cm³/mol. The zero-order valence-electron chi connectivity index (χ0n) is 20.2. The SMILES string of the molecule is Cc1ccc(Cn2c(=O)c(N3CCCC(C(=O)NCc4ccc(Cl)cc4)C3)nc3cccnc32)cc1. The number of aromatic nitrogens is 3.